The highest BCUT2D eigenvalue weighted by molar-refractivity contribution is 6.03. The lowest BCUT2D eigenvalue weighted by Crippen LogP contribution is -2.13. The molecular formula is C20H16N4O2. The lowest BCUT2D eigenvalue weighted by atomic mass is 10.2. The predicted octanol–water partition coefficient (Wildman–Crippen LogP) is 3.96. The molecule has 6 nitrogen and oxygen atoms in total. The minimum atomic E-state index is -0.307. The van der Waals surface area contributed by atoms with Crippen LogP contribution in [-0.4, -0.2) is 18.0 Å². The molecule has 128 valence electrons. The number of anilines is 3. The van der Waals surface area contributed by atoms with Crippen molar-refractivity contribution in [3.05, 3.63) is 78.1 Å². The molecule has 6 heteroatoms. The number of aromatic nitrogens is 1. The lowest BCUT2D eigenvalue weighted by Gasteiger charge is -2.09. The minimum absolute atomic E-state index is 0.291. The van der Waals surface area contributed by atoms with Gasteiger partial charge < -0.3 is 15.4 Å². The maximum atomic E-state index is 12.4. The van der Waals surface area contributed by atoms with Crippen molar-refractivity contribution in [1.82, 2.24) is 4.98 Å². The number of methoxy groups -OCH3 is 1. The number of pyridine rings is 1. The largest absolute Gasteiger partial charge is 0.497 e. The quantitative estimate of drug-likeness (QED) is 0.731. The number of amides is 1. The van der Waals surface area contributed by atoms with Crippen LogP contribution >= 0.6 is 0 Å². The van der Waals surface area contributed by atoms with Crippen molar-refractivity contribution in [2.45, 2.75) is 0 Å². The molecular weight excluding hydrogens is 328 g/mol. The second-order valence-electron chi connectivity index (χ2n) is 5.43. The van der Waals surface area contributed by atoms with E-state index in [-0.39, 0.29) is 5.91 Å². The standard InChI is InChI=1S/C20H16N4O2/c1-26-18-8-6-16(7-9-18)24-20(25)19-12-17(10-11-22-19)23-15-4-2-14(13-21)3-5-15/h2-12H,1H3,(H,22,23)(H,24,25). The molecule has 1 amide bonds. The maximum Gasteiger partial charge on any atom is 0.274 e. The first-order valence-corrected chi connectivity index (χ1v) is 7.86. The van der Waals surface area contributed by atoms with E-state index in [4.69, 9.17) is 10.00 Å². The molecule has 0 unspecified atom stereocenters. The fraction of sp³-hybridized carbons (Fsp3) is 0.0500. The summed E-state index contributed by atoms with van der Waals surface area (Å²) in [5.74, 6) is 0.411. The van der Waals surface area contributed by atoms with Gasteiger partial charge in [0.15, 0.2) is 0 Å². The third-order valence-corrected chi connectivity index (χ3v) is 3.64. The molecule has 0 aliphatic carbocycles. The molecule has 1 heterocycles. The Bertz CT molecular complexity index is 945. The van der Waals surface area contributed by atoms with Crippen LogP contribution < -0.4 is 15.4 Å². The molecule has 2 aromatic carbocycles. The van der Waals surface area contributed by atoms with Crippen molar-refractivity contribution in [3.63, 3.8) is 0 Å². The number of hydrogen-bond acceptors (Lipinski definition) is 5. The fourth-order valence-electron chi connectivity index (χ4n) is 2.30. The smallest absolute Gasteiger partial charge is 0.274 e. The van der Waals surface area contributed by atoms with Gasteiger partial charge in [-0.1, -0.05) is 0 Å². The van der Waals surface area contributed by atoms with Gasteiger partial charge in [-0.3, -0.25) is 9.78 Å². The zero-order chi connectivity index (χ0) is 18.4. The van der Waals surface area contributed by atoms with Gasteiger partial charge in [-0.05, 0) is 60.7 Å². The van der Waals surface area contributed by atoms with Crippen LogP contribution in [0.5, 0.6) is 5.75 Å². The van der Waals surface area contributed by atoms with Gasteiger partial charge in [0.2, 0.25) is 0 Å². The van der Waals surface area contributed by atoms with Gasteiger partial charge in [-0.2, -0.15) is 5.26 Å². The molecule has 0 saturated heterocycles. The number of carbonyl (C=O) groups excluding carboxylic acids is 1. The van der Waals surface area contributed by atoms with Crippen LogP contribution in [0.4, 0.5) is 17.1 Å². The zero-order valence-electron chi connectivity index (χ0n) is 14.1. The second-order valence-corrected chi connectivity index (χ2v) is 5.43. The van der Waals surface area contributed by atoms with Crippen LogP contribution in [0, 0.1) is 11.3 Å². The molecule has 0 bridgehead atoms. The van der Waals surface area contributed by atoms with Crippen molar-refractivity contribution < 1.29 is 9.53 Å². The van der Waals surface area contributed by atoms with Gasteiger partial charge in [0.1, 0.15) is 11.4 Å². The molecule has 0 aliphatic rings. The van der Waals surface area contributed by atoms with E-state index >= 15 is 0 Å². The number of rotatable bonds is 5. The van der Waals surface area contributed by atoms with Crippen LogP contribution in [0.25, 0.3) is 0 Å². The summed E-state index contributed by atoms with van der Waals surface area (Å²) in [7, 11) is 1.59. The summed E-state index contributed by atoms with van der Waals surface area (Å²) >= 11 is 0. The number of nitriles is 1. The first-order chi connectivity index (χ1) is 12.7. The van der Waals surface area contributed by atoms with Crippen LogP contribution in [0.3, 0.4) is 0 Å². The van der Waals surface area contributed by atoms with Crippen molar-refractivity contribution >= 4 is 23.0 Å². The van der Waals surface area contributed by atoms with Crippen molar-refractivity contribution in [1.29, 1.82) is 5.26 Å². The van der Waals surface area contributed by atoms with E-state index in [1.165, 1.54) is 0 Å². The van der Waals surface area contributed by atoms with Gasteiger partial charge in [-0.15, -0.1) is 0 Å². The Morgan fingerprint density at radius 1 is 1.00 bits per heavy atom. The molecule has 0 spiro atoms. The van der Waals surface area contributed by atoms with Gasteiger partial charge in [0.05, 0.1) is 18.7 Å². The highest BCUT2D eigenvalue weighted by Gasteiger charge is 2.09. The lowest BCUT2D eigenvalue weighted by molar-refractivity contribution is 0.102. The Balaban J connectivity index is 1.71. The number of nitrogens with zero attached hydrogens (tertiary/aromatic N) is 2. The zero-order valence-corrected chi connectivity index (χ0v) is 14.1. The van der Waals surface area contributed by atoms with E-state index in [9.17, 15) is 4.79 Å². The first kappa shape index (κ1) is 17.0. The Morgan fingerprint density at radius 2 is 1.69 bits per heavy atom. The number of hydrogen-bond donors (Lipinski definition) is 2. The molecule has 0 radical (unpaired) electrons. The molecule has 2 N–H and O–H groups in total. The van der Waals surface area contributed by atoms with Gasteiger partial charge in [0, 0.05) is 23.3 Å². The number of nitrogens with one attached hydrogen (secondary N) is 2. The molecule has 3 aromatic rings. The molecule has 0 atom stereocenters. The first-order valence-electron chi connectivity index (χ1n) is 7.86. The normalized spacial score (nSPS) is 9.85. The number of benzene rings is 2. The van der Waals surface area contributed by atoms with E-state index in [1.54, 1.807) is 74.0 Å². The summed E-state index contributed by atoms with van der Waals surface area (Å²) in [4.78, 5) is 16.5. The second kappa shape index (κ2) is 7.81. The SMILES string of the molecule is COc1ccc(NC(=O)c2cc(Nc3ccc(C#N)cc3)ccn2)cc1. The van der Waals surface area contributed by atoms with Crippen molar-refractivity contribution in [2.24, 2.45) is 0 Å². The van der Waals surface area contributed by atoms with Crippen LogP contribution in [0.15, 0.2) is 66.9 Å². The fourth-order valence-corrected chi connectivity index (χ4v) is 2.30. The van der Waals surface area contributed by atoms with E-state index in [1.807, 2.05) is 0 Å². The number of carbonyl (C=O) groups is 1. The molecule has 1 aromatic heterocycles. The van der Waals surface area contributed by atoms with Gasteiger partial charge in [0.25, 0.3) is 5.91 Å². The summed E-state index contributed by atoms with van der Waals surface area (Å²) in [5.41, 5.74) is 3.08. The molecule has 0 aliphatic heterocycles. The Hall–Kier alpha value is -3.85. The summed E-state index contributed by atoms with van der Waals surface area (Å²) in [5, 5.41) is 14.8. The van der Waals surface area contributed by atoms with E-state index in [2.05, 4.69) is 21.7 Å². The number of ether oxygens (including phenoxy) is 1. The topological polar surface area (TPSA) is 87.0 Å². The Morgan fingerprint density at radius 3 is 2.35 bits per heavy atom. The molecule has 3 rings (SSSR count). The average molecular weight is 344 g/mol. The molecule has 0 fully saturated rings. The van der Waals surface area contributed by atoms with Crippen LogP contribution in [-0.2, 0) is 0 Å². The summed E-state index contributed by atoms with van der Waals surface area (Å²) in [6.45, 7) is 0. The minimum Gasteiger partial charge on any atom is -0.497 e. The van der Waals surface area contributed by atoms with E-state index < -0.39 is 0 Å². The summed E-state index contributed by atoms with van der Waals surface area (Å²) in [6, 6.07) is 19.6. The van der Waals surface area contributed by atoms with E-state index in [0.29, 0.717) is 16.9 Å². The van der Waals surface area contributed by atoms with E-state index in [0.717, 1.165) is 17.1 Å². The van der Waals surface area contributed by atoms with Gasteiger partial charge in [-0.25, -0.2) is 0 Å². The van der Waals surface area contributed by atoms with Gasteiger partial charge >= 0.3 is 0 Å². The van der Waals surface area contributed by atoms with Crippen molar-refractivity contribution in [2.75, 3.05) is 17.7 Å². The third-order valence-electron chi connectivity index (χ3n) is 3.64. The maximum absolute atomic E-state index is 12.4. The molecule has 26 heavy (non-hydrogen) atoms. The highest BCUT2D eigenvalue weighted by atomic mass is 16.5. The summed E-state index contributed by atoms with van der Waals surface area (Å²) < 4.78 is 5.09. The van der Waals surface area contributed by atoms with Crippen LogP contribution in [0.1, 0.15) is 16.1 Å². The predicted molar refractivity (Wildman–Crippen MR) is 99.6 cm³/mol. The Kier molecular flexibility index (Phi) is 5.11. The van der Waals surface area contributed by atoms with Crippen molar-refractivity contribution in [3.8, 4) is 11.8 Å². The third kappa shape index (κ3) is 4.16. The average Bonchev–Trinajstić information content (AvgIpc) is 2.69. The summed E-state index contributed by atoms with van der Waals surface area (Å²) in [6.07, 6.45) is 1.56. The monoisotopic (exact) mass is 344 g/mol. The molecule has 0 saturated carbocycles. The Labute approximate surface area is 151 Å². The highest BCUT2D eigenvalue weighted by Crippen LogP contribution is 2.19. The van der Waals surface area contributed by atoms with Crippen LogP contribution in [0.2, 0.25) is 0 Å².